The van der Waals surface area contributed by atoms with Crippen molar-refractivity contribution in [2.24, 2.45) is 0 Å². The number of imidazole rings is 1. The van der Waals surface area contributed by atoms with Crippen molar-refractivity contribution in [1.29, 1.82) is 0 Å². The average molecular weight is 351 g/mol. The number of carbonyl (C=O) groups is 1. The van der Waals surface area contributed by atoms with Gasteiger partial charge in [0.15, 0.2) is 0 Å². The lowest BCUT2D eigenvalue weighted by atomic mass is 10.1. The summed E-state index contributed by atoms with van der Waals surface area (Å²) < 4.78 is 7.21. The smallest absolute Gasteiger partial charge is 0.335 e. The van der Waals surface area contributed by atoms with Crippen LogP contribution in [0.1, 0.15) is 27.2 Å². The summed E-state index contributed by atoms with van der Waals surface area (Å²) in [5, 5.41) is 12.3. The Morgan fingerprint density at radius 2 is 1.96 bits per heavy atom. The van der Waals surface area contributed by atoms with Gasteiger partial charge in [0.05, 0.1) is 24.7 Å². The van der Waals surface area contributed by atoms with Crippen molar-refractivity contribution in [3.05, 3.63) is 83.4 Å². The molecule has 0 amide bonds. The molecule has 0 saturated heterocycles. The van der Waals surface area contributed by atoms with Crippen LogP contribution in [-0.2, 0) is 19.6 Å². The van der Waals surface area contributed by atoms with Crippen molar-refractivity contribution in [2.45, 2.75) is 19.6 Å². The maximum absolute atomic E-state index is 10.9. The van der Waals surface area contributed by atoms with Crippen LogP contribution in [0.4, 0.5) is 0 Å². The Bertz CT molecular complexity index is 872. The van der Waals surface area contributed by atoms with E-state index in [0.717, 1.165) is 29.1 Å². The number of nitrogens with one attached hydrogen (secondary N) is 1. The normalized spacial score (nSPS) is 10.7. The van der Waals surface area contributed by atoms with Crippen LogP contribution in [0.3, 0.4) is 0 Å². The van der Waals surface area contributed by atoms with Gasteiger partial charge in [-0.25, -0.2) is 9.78 Å². The number of carboxylic acids is 1. The van der Waals surface area contributed by atoms with Crippen molar-refractivity contribution >= 4 is 5.97 Å². The summed E-state index contributed by atoms with van der Waals surface area (Å²) in [6, 6.07) is 14.8. The molecule has 0 bridgehead atoms. The van der Waals surface area contributed by atoms with E-state index in [1.807, 2.05) is 41.1 Å². The van der Waals surface area contributed by atoms with Crippen LogP contribution in [0.25, 0.3) is 0 Å². The van der Waals surface area contributed by atoms with Gasteiger partial charge in [0.25, 0.3) is 0 Å². The van der Waals surface area contributed by atoms with Gasteiger partial charge in [-0.05, 0) is 35.4 Å². The number of rotatable bonds is 8. The lowest BCUT2D eigenvalue weighted by Crippen LogP contribution is -2.13. The monoisotopic (exact) mass is 351 g/mol. The molecule has 2 N–H and O–H groups in total. The maximum atomic E-state index is 10.9. The standard InChI is InChI=1S/C20H21N3O3/c1-26-19-4-2-3-16(9-19)10-21-11-18-13-23(14-22-18)12-15-5-7-17(8-6-15)20(24)25/h2-9,13-14,21H,10-12H2,1H3,(H,24,25). The van der Waals surface area contributed by atoms with E-state index < -0.39 is 5.97 Å². The van der Waals surface area contributed by atoms with Gasteiger partial charge in [-0.3, -0.25) is 0 Å². The van der Waals surface area contributed by atoms with Crippen molar-refractivity contribution < 1.29 is 14.6 Å². The van der Waals surface area contributed by atoms with Crippen LogP contribution >= 0.6 is 0 Å². The van der Waals surface area contributed by atoms with Crippen molar-refractivity contribution in [1.82, 2.24) is 14.9 Å². The molecule has 1 heterocycles. The molecule has 134 valence electrons. The number of aromatic carboxylic acids is 1. The molecule has 0 fully saturated rings. The van der Waals surface area contributed by atoms with Gasteiger partial charge in [-0.2, -0.15) is 0 Å². The van der Waals surface area contributed by atoms with E-state index in [-0.39, 0.29) is 0 Å². The van der Waals surface area contributed by atoms with Gasteiger partial charge >= 0.3 is 5.97 Å². The van der Waals surface area contributed by atoms with E-state index in [9.17, 15) is 4.79 Å². The minimum Gasteiger partial charge on any atom is -0.497 e. The van der Waals surface area contributed by atoms with Crippen LogP contribution in [0.5, 0.6) is 5.75 Å². The summed E-state index contributed by atoms with van der Waals surface area (Å²) >= 11 is 0. The third kappa shape index (κ3) is 4.70. The van der Waals surface area contributed by atoms with E-state index in [2.05, 4.69) is 16.4 Å². The summed E-state index contributed by atoms with van der Waals surface area (Å²) in [5.74, 6) is -0.0638. The summed E-state index contributed by atoms with van der Waals surface area (Å²) in [6.45, 7) is 2.06. The summed E-state index contributed by atoms with van der Waals surface area (Å²) in [7, 11) is 1.66. The molecule has 3 aromatic rings. The van der Waals surface area contributed by atoms with Crippen molar-refractivity contribution in [3.8, 4) is 5.75 Å². The topological polar surface area (TPSA) is 76.4 Å². The first kappa shape index (κ1) is 17.7. The number of hydrogen-bond acceptors (Lipinski definition) is 4. The molecule has 0 aliphatic rings. The SMILES string of the molecule is COc1cccc(CNCc2cn(Cc3ccc(C(=O)O)cc3)cn2)c1. The number of methoxy groups -OCH3 is 1. The first-order valence-electron chi connectivity index (χ1n) is 8.30. The van der Waals surface area contributed by atoms with Gasteiger partial charge in [0, 0.05) is 25.8 Å². The van der Waals surface area contributed by atoms with Crippen LogP contribution in [-0.4, -0.2) is 27.7 Å². The Hall–Kier alpha value is -3.12. The van der Waals surface area contributed by atoms with Gasteiger partial charge in [0.2, 0.25) is 0 Å². The molecule has 1 aromatic heterocycles. The second-order valence-corrected chi connectivity index (χ2v) is 5.99. The average Bonchev–Trinajstić information content (AvgIpc) is 3.09. The fraction of sp³-hybridized carbons (Fsp3) is 0.200. The molecule has 3 rings (SSSR count). The van der Waals surface area contributed by atoms with Crippen LogP contribution < -0.4 is 10.1 Å². The quantitative estimate of drug-likeness (QED) is 0.653. The number of carboxylic acid groups (broad SMARTS) is 1. The van der Waals surface area contributed by atoms with Crippen LogP contribution in [0.15, 0.2) is 61.1 Å². The number of hydrogen-bond donors (Lipinski definition) is 2. The largest absolute Gasteiger partial charge is 0.497 e. The predicted molar refractivity (Wildman–Crippen MR) is 98.3 cm³/mol. The predicted octanol–water partition coefficient (Wildman–Crippen LogP) is 2.93. The van der Waals surface area contributed by atoms with Crippen molar-refractivity contribution in [2.75, 3.05) is 7.11 Å². The molecule has 0 unspecified atom stereocenters. The molecule has 0 spiro atoms. The van der Waals surface area contributed by atoms with Crippen molar-refractivity contribution in [3.63, 3.8) is 0 Å². The summed E-state index contributed by atoms with van der Waals surface area (Å²) in [4.78, 5) is 15.3. The molecule has 2 aromatic carbocycles. The highest BCUT2D eigenvalue weighted by molar-refractivity contribution is 5.87. The number of benzene rings is 2. The highest BCUT2D eigenvalue weighted by atomic mass is 16.5. The molecular weight excluding hydrogens is 330 g/mol. The molecule has 26 heavy (non-hydrogen) atoms. The Kier molecular flexibility index (Phi) is 5.66. The number of aromatic nitrogens is 2. The maximum Gasteiger partial charge on any atom is 0.335 e. The Morgan fingerprint density at radius 3 is 2.69 bits per heavy atom. The van der Waals surface area contributed by atoms with Crippen LogP contribution in [0.2, 0.25) is 0 Å². The van der Waals surface area contributed by atoms with Gasteiger partial charge < -0.3 is 19.7 Å². The first-order valence-corrected chi connectivity index (χ1v) is 8.30. The fourth-order valence-corrected chi connectivity index (χ4v) is 2.67. The minimum absolute atomic E-state index is 0.293. The van der Waals surface area contributed by atoms with Crippen LogP contribution in [0, 0.1) is 0 Å². The Balaban J connectivity index is 1.52. The van der Waals surface area contributed by atoms with E-state index in [4.69, 9.17) is 9.84 Å². The number of nitrogens with zero attached hydrogens (tertiary/aromatic N) is 2. The molecule has 0 aliphatic carbocycles. The zero-order valence-electron chi connectivity index (χ0n) is 14.6. The molecule has 0 aliphatic heterocycles. The van der Waals surface area contributed by atoms with E-state index in [1.165, 1.54) is 0 Å². The van der Waals surface area contributed by atoms with Gasteiger partial charge in [0.1, 0.15) is 5.75 Å². The molecule has 0 radical (unpaired) electrons. The van der Waals surface area contributed by atoms with E-state index in [1.54, 1.807) is 25.6 Å². The zero-order valence-corrected chi connectivity index (χ0v) is 14.6. The van der Waals surface area contributed by atoms with Gasteiger partial charge in [-0.1, -0.05) is 24.3 Å². The summed E-state index contributed by atoms with van der Waals surface area (Å²) in [5.41, 5.74) is 3.43. The lowest BCUT2D eigenvalue weighted by molar-refractivity contribution is 0.0697. The molecule has 0 saturated carbocycles. The highest BCUT2D eigenvalue weighted by Gasteiger charge is 2.04. The van der Waals surface area contributed by atoms with Gasteiger partial charge in [-0.15, -0.1) is 0 Å². The first-order chi connectivity index (χ1) is 12.6. The summed E-state index contributed by atoms with van der Waals surface area (Å²) in [6.07, 6.45) is 3.78. The Labute approximate surface area is 152 Å². The zero-order chi connectivity index (χ0) is 18.4. The second kappa shape index (κ2) is 8.31. The molecule has 6 nitrogen and oxygen atoms in total. The lowest BCUT2D eigenvalue weighted by Gasteiger charge is -2.05. The highest BCUT2D eigenvalue weighted by Crippen LogP contribution is 2.12. The molecule has 6 heteroatoms. The third-order valence-electron chi connectivity index (χ3n) is 4.02. The molecule has 0 atom stereocenters. The Morgan fingerprint density at radius 1 is 1.15 bits per heavy atom. The third-order valence-corrected chi connectivity index (χ3v) is 4.02. The van der Waals surface area contributed by atoms with E-state index >= 15 is 0 Å². The minimum atomic E-state index is -0.913. The van der Waals surface area contributed by atoms with E-state index in [0.29, 0.717) is 18.7 Å². The second-order valence-electron chi connectivity index (χ2n) is 5.99. The number of ether oxygens (including phenoxy) is 1. The molecular formula is C20H21N3O3. The fourth-order valence-electron chi connectivity index (χ4n) is 2.67.